The van der Waals surface area contributed by atoms with Crippen molar-refractivity contribution in [3.05, 3.63) is 166 Å². The Hall–Kier alpha value is -5.62. The Morgan fingerprint density at radius 1 is 0.542 bits per heavy atom. The van der Waals surface area contributed by atoms with E-state index in [1.54, 1.807) is 24.3 Å². The summed E-state index contributed by atoms with van der Waals surface area (Å²) >= 11 is 0. The maximum atomic E-state index is 11.2. The number of rotatable bonds is 10. The van der Waals surface area contributed by atoms with Crippen molar-refractivity contribution in [2.45, 2.75) is 39.5 Å². The molecule has 0 bridgehead atoms. The van der Waals surface area contributed by atoms with Crippen molar-refractivity contribution >= 4 is 33.7 Å². The second-order valence-corrected chi connectivity index (χ2v) is 12.5. The van der Waals surface area contributed by atoms with Crippen LogP contribution in [0.2, 0.25) is 0 Å². The highest BCUT2D eigenvalue weighted by Gasteiger charge is 2.33. The van der Waals surface area contributed by atoms with E-state index in [1.165, 1.54) is 0 Å². The summed E-state index contributed by atoms with van der Waals surface area (Å²) in [4.78, 5) is 4.47. The molecular weight excluding hydrogens is 596 g/mol. The lowest BCUT2D eigenvalue weighted by atomic mass is 9.82. The number of aliphatic hydroxyl groups excluding tert-OH is 4. The molecule has 2 aliphatic carbocycles. The van der Waals surface area contributed by atoms with Crippen molar-refractivity contribution in [3.8, 4) is 0 Å². The number of para-hydroxylation sites is 2. The summed E-state index contributed by atoms with van der Waals surface area (Å²) in [6.45, 7) is 6.21. The minimum atomic E-state index is 0.00386. The van der Waals surface area contributed by atoms with Crippen molar-refractivity contribution in [2.24, 2.45) is 0 Å². The predicted molar refractivity (Wildman–Crippen MR) is 196 cm³/mol. The maximum Gasteiger partial charge on any atom is 0.138 e. The van der Waals surface area contributed by atoms with E-state index in [0.29, 0.717) is 33.4 Å². The molecule has 0 atom stereocenters. The van der Waals surface area contributed by atoms with Crippen molar-refractivity contribution in [1.82, 2.24) is 0 Å². The van der Waals surface area contributed by atoms with Gasteiger partial charge in [0.25, 0.3) is 0 Å². The second-order valence-electron chi connectivity index (χ2n) is 12.5. The van der Waals surface area contributed by atoms with Crippen LogP contribution in [-0.2, 0) is 0 Å². The molecule has 4 aliphatic rings. The molecule has 0 radical (unpaired) electrons. The van der Waals surface area contributed by atoms with Gasteiger partial charge in [-0.3, -0.25) is 0 Å². The van der Waals surface area contributed by atoms with Crippen LogP contribution in [0, 0.1) is 0 Å². The number of hydrogen-bond acceptors (Lipinski definition) is 6. The molecular formula is C42H40N2O4. The molecule has 3 aromatic rings. The topological polar surface area (TPSA) is 87.4 Å². The molecule has 7 rings (SSSR count). The van der Waals surface area contributed by atoms with Crippen LogP contribution >= 0.6 is 0 Å². The largest absolute Gasteiger partial charge is 0.506 e. The third-order valence-corrected chi connectivity index (χ3v) is 9.43. The summed E-state index contributed by atoms with van der Waals surface area (Å²) in [5.74, 6) is 0.0155. The van der Waals surface area contributed by atoms with Crippen LogP contribution in [0.5, 0.6) is 0 Å². The first-order valence-electron chi connectivity index (χ1n) is 16.8. The second kappa shape index (κ2) is 12.9. The molecule has 0 saturated heterocycles. The molecule has 0 fully saturated rings. The standard InChI is InChI=1S/C42H40N2O4/c1-3-5-20-43-22-18-27(31-14-7-9-16-35(31)43)25-33-39(45)37(40(33)46)29-12-11-13-30(24-29)38-41(47)34(42(38)48)26-28-19-23-44(21-6-4-2)36-17-10-8-15-32(28)36/h7-19,22-26,45-48H,3-6,20-21H2,1-2H3. The highest BCUT2D eigenvalue weighted by molar-refractivity contribution is 5.98. The summed E-state index contributed by atoms with van der Waals surface area (Å²) < 4.78 is 0. The molecule has 0 saturated carbocycles. The number of fused-ring (bicyclic) bond motifs is 2. The normalized spacial score (nSPS) is 18.5. The fraction of sp³-hybridized carbons (Fsp3) is 0.190. The van der Waals surface area contributed by atoms with Gasteiger partial charge in [-0.05, 0) is 77.6 Å². The summed E-state index contributed by atoms with van der Waals surface area (Å²) in [6.07, 6.45) is 16.2. The van der Waals surface area contributed by atoms with Gasteiger partial charge in [0, 0.05) is 48.0 Å². The first-order valence-corrected chi connectivity index (χ1v) is 16.8. The van der Waals surface area contributed by atoms with Crippen molar-refractivity contribution < 1.29 is 20.4 Å². The molecule has 3 aromatic carbocycles. The van der Waals surface area contributed by atoms with E-state index >= 15 is 0 Å². The molecule has 2 aliphatic heterocycles. The zero-order valence-electron chi connectivity index (χ0n) is 27.3. The SMILES string of the molecule is CCCCN1C=CC(=CC2=C(O)C(c3cccc(C4=C(O)C(C=C5C=CN(CCCC)c6ccccc65)=C4O)c3)=C2O)c2ccccc21. The third-order valence-electron chi connectivity index (χ3n) is 9.43. The molecule has 6 nitrogen and oxygen atoms in total. The monoisotopic (exact) mass is 636 g/mol. The molecule has 0 spiro atoms. The smallest absolute Gasteiger partial charge is 0.138 e. The van der Waals surface area contributed by atoms with Gasteiger partial charge >= 0.3 is 0 Å². The van der Waals surface area contributed by atoms with Gasteiger partial charge in [0.15, 0.2) is 0 Å². The molecule has 0 unspecified atom stereocenters. The zero-order chi connectivity index (χ0) is 33.4. The number of allylic oxidation sites excluding steroid dienone is 8. The molecule has 2 heterocycles. The van der Waals surface area contributed by atoms with E-state index in [0.717, 1.165) is 72.4 Å². The van der Waals surface area contributed by atoms with E-state index < -0.39 is 0 Å². The van der Waals surface area contributed by atoms with Gasteiger partial charge < -0.3 is 30.2 Å². The minimum absolute atomic E-state index is 0.00386. The molecule has 4 N–H and O–H groups in total. The van der Waals surface area contributed by atoms with Gasteiger partial charge in [0.1, 0.15) is 23.0 Å². The Balaban J connectivity index is 1.13. The fourth-order valence-electron chi connectivity index (χ4n) is 6.74. The molecule has 242 valence electrons. The summed E-state index contributed by atoms with van der Waals surface area (Å²) in [6, 6.07) is 23.5. The molecule has 6 heteroatoms. The Kier molecular flexibility index (Phi) is 8.32. The van der Waals surface area contributed by atoms with Gasteiger partial charge in [-0.25, -0.2) is 0 Å². The number of anilines is 2. The van der Waals surface area contributed by atoms with Gasteiger partial charge in [0.2, 0.25) is 0 Å². The van der Waals surface area contributed by atoms with E-state index in [4.69, 9.17) is 0 Å². The molecule has 48 heavy (non-hydrogen) atoms. The Bertz CT molecular complexity index is 1910. The average molecular weight is 637 g/mol. The third kappa shape index (κ3) is 5.33. The van der Waals surface area contributed by atoms with Crippen LogP contribution < -0.4 is 9.80 Å². The lowest BCUT2D eigenvalue weighted by Crippen LogP contribution is -2.21. The number of nitrogens with zero attached hydrogens (tertiary/aromatic N) is 2. The Morgan fingerprint density at radius 3 is 1.40 bits per heavy atom. The maximum absolute atomic E-state index is 11.2. The van der Waals surface area contributed by atoms with Gasteiger partial charge in [-0.15, -0.1) is 0 Å². The van der Waals surface area contributed by atoms with Gasteiger partial charge in [-0.1, -0.05) is 81.3 Å². The Morgan fingerprint density at radius 2 is 0.979 bits per heavy atom. The highest BCUT2D eigenvalue weighted by Crippen LogP contribution is 2.46. The van der Waals surface area contributed by atoms with E-state index in [-0.39, 0.29) is 23.0 Å². The number of benzene rings is 3. The number of aliphatic hydroxyl groups is 4. The molecule has 0 amide bonds. The van der Waals surface area contributed by atoms with Crippen LogP contribution in [0.4, 0.5) is 11.4 Å². The number of unbranched alkanes of at least 4 members (excludes halogenated alkanes) is 2. The van der Waals surface area contributed by atoms with Crippen molar-refractivity contribution in [3.63, 3.8) is 0 Å². The van der Waals surface area contributed by atoms with Crippen molar-refractivity contribution in [2.75, 3.05) is 22.9 Å². The van der Waals surface area contributed by atoms with Gasteiger partial charge in [0.05, 0.1) is 22.3 Å². The van der Waals surface area contributed by atoms with Crippen LogP contribution in [-0.4, -0.2) is 33.5 Å². The predicted octanol–water partition coefficient (Wildman–Crippen LogP) is 10.3. The number of hydrogen-bond donors (Lipinski definition) is 4. The van der Waals surface area contributed by atoms with Crippen LogP contribution in [0.25, 0.3) is 22.3 Å². The Labute approximate surface area is 281 Å². The van der Waals surface area contributed by atoms with E-state index in [2.05, 4.69) is 60.3 Å². The van der Waals surface area contributed by atoms with Gasteiger partial charge in [-0.2, -0.15) is 0 Å². The summed E-state index contributed by atoms with van der Waals surface area (Å²) in [5, 5.41) is 44.6. The minimum Gasteiger partial charge on any atom is -0.506 e. The quantitative estimate of drug-likeness (QED) is 0.177. The van der Waals surface area contributed by atoms with E-state index in [1.807, 2.05) is 48.6 Å². The van der Waals surface area contributed by atoms with E-state index in [9.17, 15) is 20.4 Å². The molecule has 0 aromatic heterocycles. The van der Waals surface area contributed by atoms with Crippen LogP contribution in [0.3, 0.4) is 0 Å². The lowest BCUT2D eigenvalue weighted by Gasteiger charge is -2.29. The van der Waals surface area contributed by atoms with Crippen LogP contribution in [0.1, 0.15) is 61.8 Å². The van der Waals surface area contributed by atoms with Crippen LogP contribution in [0.15, 0.2) is 144 Å². The van der Waals surface area contributed by atoms with Crippen molar-refractivity contribution in [1.29, 1.82) is 0 Å². The first-order chi connectivity index (χ1) is 23.4. The first kappa shape index (κ1) is 31.0. The highest BCUT2D eigenvalue weighted by atomic mass is 16.3. The fourth-order valence-corrected chi connectivity index (χ4v) is 6.74. The summed E-state index contributed by atoms with van der Waals surface area (Å²) in [5.41, 5.74) is 8.71. The lowest BCUT2D eigenvalue weighted by molar-refractivity contribution is 0.372. The zero-order valence-corrected chi connectivity index (χ0v) is 27.3. The average Bonchev–Trinajstić information content (AvgIpc) is 3.12. The summed E-state index contributed by atoms with van der Waals surface area (Å²) in [7, 11) is 0.